The van der Waals surface area contributed by atoms with Crippen molar-refractivity contribution in [3.05, 3.63) is 50.7 Å². The lowest BCUT2D eigenvalue weighted by molar-refractivity contribution is 0.0989. The zero-order chi connectivity index (χ0) is 15.0. The number of carbonyl (C=O) groups excluding carboxylic acids is 1. The van der Waals surface area contributed by atoms with Gasteiger partial charge in [-0.25, -0.2) is 0 Å². The van der Waals surface area contributed by atoms with Crippen molar-refractivity contribution in [2.45, 2.75) is 26.4 Å². The normalized spacial score (nSPS) is 18.2. The topological polar surface area (TPSA) is 32.3 Å². The average Bonchev–Trinajstić information content (AvgIpc) is 2.72. The van der Waals surface area contributed by atoms with Gasteiger partial charge in [0, 0.05) is 24.8 Å². The van der Waals surface area contributed by atoms with Crippen LogP contribution in [-0.2, 0) is 6.54 Å². The van der Waals surface area contributed by atoms with Gasteiger partial charge in [-0.3, -0.25) is 4.79 Å². The number of nitrogens with zero attached hydrogens (tertiary/aromatic N) is 1. The molecule has 1 aromatic heterocycles. The Morgan fingerprint density at radius 1 is 1.43 bits per heavy atom. The third-order valence-corrected chi connectivity index (χ3v) is 5.40. The Balaban J connectivity index is 2.03. The van der Waals surface area contributed by atoms with Crippen LogP contribution in [0.15, 0.2) is 29.6 Å². The van der Waals surface area contributed by atoms with Crippen LogP contribution in [0.25, 0.3) is 0 Å². The van der Waals surface area contributed by atoms with Crippen LogP contribution >= 0.6 is 22.9 Å². The first-order valence-corrected chi connectivity index (χ1v) is 8.20. The molecule has 1 atom stereocenters. The molecule has 2 heterocycles. The molecule has 3 nitrogen and oxygen atoms in total. The van der Waals surface area contributed by atoms with Crippen LogP contribution in [0.1, 0.15) is 27.7 Å². The maximum absolute atomic E-state index is 12.9. The summed E-state index contributed by atoms with van der Waals surface area (Å²) in [6, 6.07) is 8.27. The van der Waals surface area contributed by atoms with Crippen molar-refractivity contribution < 1.29 is 4.79 Å². The van der Waals surface area contributed by atoms with E-state index in [9.17, 15) is 4.79 Å². The second kappa shape index (κ2) is 5.79. The van der Waals surface area contributed by atoms with E-state index in [4.69, 9.17) is 11.6 Å². The van der Waals surface area contributed by atoms with Crippen LogP contribution in [0, 0.1) is 6.92 Å². The second-order valence-electron chi connectivity index (χ2n) is 5.39. The molecule has 0 spiro atoms. The summed E-state index contributed by atoms with van der Waals surface area (Å²) in [5.41, 5.74) is 3.07. The van der Waals surface area contributed by atoms with Crippen molar-refractivity contribution in [3.8, 4) is 0 Å². The van der Waals surface area contributed by atoms with E-state index >= 15 is 0 Å². The van der Waals surface area contributed by atoms with E-state index < -0.39 is 0 Å². The van der Waals surface area contributed by atoms with Crippen molar-refractivity contribution in [3.63, 3.8) is 0 Å². The van der Waals surface area contributed by atoms with E-state index in [-0.39, 0.29) is 11.9 Å². The Labute approximate surface area is 133 Å². The van der Waals surface area contributed by atoms with Gasteiger partial charge in [0.25, 0.3) is 5.91 Å². The van der Waals surface area contributed by atoms with Crippen molar-refractivity contribution in [1.82, 2.24) is 5.32 Å². The lowest BCUT2D eigenvalue weighted by atomic mass is 10.1. The molecule has 1 N–H and O–H groups in total. The summed E-state index contributed by atoms with van der Waals surface area (Å²) in [5, 5.41) is 5.94. The standard InChI is InChI=1S/C16H17ClN2OS/c1-10-9-21-15(14(10)17)16(20)19-8-11(2)18-7-12-5-3-4-6-13(12)19/h3-6,9,11,18H,7-8H2,1-2H3. The number of carbonyl (C=O) groups is 1. The van der Waals surface area contributed by atoms with Gasteiger partial charge in [0.05, 0.1) is 5.02 Å². The quantitative estimate of drug-likeness (QED) is 0.865. The predicted octanol–water partition coefficient (Wildman–Crippen LogP) is 3.85. The summed E-state index contributed by atoms with van der Waals surface area (Å²) in [4.78, 5) is 15.4. The zero-order valence-corrected chi connectivity index (χ0v) is 13.6. The molecule has 0 bridgehead atoms. The van der Waals surface area contributed by atoms with Gasteiger partial charge >= 0.3 is 0 Å². The van der Waals surface area contributed by atoms with Gasteiger partial charge in [-0.05, 0) is 36.4 Å². The average molecular weight is 321 g/mol. The smallest absolute Gasteiger partial charge is 0.269 e. The Kier molecular flexibility index (Phi) is 4.02. The number of rotatable bonds is 1. The molecule has 1 amide bonds. The number of anilines is 1. The molecule has 110 valence electrons. The Morgan fingerprint density at radius 2 is 2.19 bits per heavy atom. The number of hydrogen-bond donors (Lipinski definition) is 1. The Bertz CT molecular complexity index is 683. The van der Waals surface area contributed by atoms with Crippen LogP contribution < -0.4 is 10.2 Å². The van der Waals surface area contributed by atoms with Gasteiger partial charge in [-0.2, -0.15) is 0 Å². The SMILES string of the molecule is Cc1csc(C(=O)N2CC(C)NCc3ccccc32)c1Cl. The molecule has 1 unspecified atom stereocenters. The molecule has 2 aromatic rings. The molecule has 1 aliphatic rings. The highest BCUT2D eigenvalue weighted by molar-refractivity contribution is 7.13. The van der Waals surface area contributed by atoms with Gasteiger partial charge in [0.1, 0.15) is 4.88 Å². The molecule has 0 saturated carbocycles. The van der Waals surface area contributed by atoms with Gasteiger partial charge in [0.15, 0.2) is 0 Å². The first-order valence-electron chi connectivity index (χ1n) is 6.94. The lowest BCUT2D eigenvalue weighted by Crippen LogP contribution is -2.39. The largest absolute Gasteiger partial charge is 0.308 e. The maximum atomic E-state index is 12.9. The summed E-state index contributed by atoms with van der Waals surface area (Å²) in [6.45, 7) is 5.44. The van der Waals surface area contributed by atoms with Crippen LogP contribution in [0.2, 0.25) is 5.02 Å². The highest BCUT2D eigenvalue weighted by atomic mass is 35.5. The molecule has 1 aromatic carbocycles. The maximum Gasteiger partial charge on any atom is 0.269 e. The van der Waals surface area contributed by atoms with Crippen molar-refractivity contribution >= 4 is 34.5 Å². The number of aryl methyl sites for hydroxylation is 1. The number of para-hydroxylation sites is 1. The minimum atomic E-state index is -0.0129. The van der Waals surface area contributed by atoms with Crippen LogP contribution in [0.3, 0.4) is 0 Å². The molecule has 1 aliphatic heterocycles. The summed E-state index contributed by atoms with van der Waals surface area (Å²) < 4.78 is 0. The van der Waals surface area contributed by atoms with Gasteiger partial charge in [-0.15, -0.1) is 11.3 Å². The molecule has 0 radical (unpaired) electrons. The van der Waals surface area contributed by atoms with Crippen molar-refractivity contribution in [1.29, 1.82) is 0 Å². The fourth-order valence-corrected chi connectivity index (χ4v) is 3.76. The Morgan fingerprint density at radius 3 is 2.90 bits per heavy atom. The Hall–Kier alpha value is -1.36. The molecular formula is C16H17ClN2OS. The minimum absolute atomic E-state index is 0.0129. The molecule has 5 heteroatoms. The number of nitrogens with one attached hydrogen (secondary N) is 1. The third kappa shape index (κ3) is 2.71. The first kappa shape index (κ1) is 14.6. The van der Waals surface area contributed by atoms with Crippen molar-refractivity contribution in [2.24, 2.45) is 0 Å². The molecule has 0 saturated heterocycles. The van der Waals surface area contributed by atoms with E-state index in [1.54, 1.807) is 0 Å². The number of benzene rings is 1. The number of halogens is 1. The third-order valence-electron chi connectivity index (χ3n) is 3.72. The number of fused-ring (bicyclic) bond motifs is 1. The second-order valence-corrected chi connectivity index (χ2v) is 6.65. The van der Waals surface area contributed by atoms with Gasteiger partial charge in [-0.1, -0.05) is 29.8 Å². The highest BCUT2D eigenvalue weighted by Crippen LogP contribution is 2.31. The lowest BCUT2D eigenvalue weighted by Gasteiger charge is -2.24. The predicted molar refractivity (Wildman–Crippen MR) is 88.5 cm³/mol. The monoisotopic (exact) mass is 320 g/mol. The molecule has 0 aliphatic carbocycles. The van der Waals surface area contributed by atoms with Crippen molar-refractivity contribution in [2.75, 3.05) is 11.4 Å². The summed E-state index contributed by atoms with van der Waals surface area (Å²) in [5.74, 6) is -0.0129. The fraction of sp³-hybridized carbons (Fsp3) is 0.312. The van der Waals surface area contributed by atoms with Crippen LogP contribution in [0.5, 0.6) is 0 Å². The van der Waals surface area contributed by atoms with E-state index in [0.29, 0.717) is 16.4 Å². The van der Waals surface area contributed by atoms with Crippen LogP contribution in [0.4, 0.5) is 5.69 Å². The van der Waals surface area contributed by atoms with Gasteiger partial charge < -0.3 is 10.2 Å². The molecule has 0 fully saturated rings. The van der Waals surface area contributed by atoms with E-state index in [1.807, 2.05) is 35.4 Å². The van der Waals surface area contributed by atoms with E-state index in [0.717, 1.165) is 23.4 Å². The zero-order valence-electron chi connectivity index (χ0n) is 12.0. The molecule has 3 rings (SSSR count). The number of amides is 1. The van der Waals surface area contributed by atoms with E-state index in [1.165, 1.54) is 11.3 Å². The van der Waals surface area contributed by atoms with Crippen LogP contribution in [-0.4, -0.2) is 18.5 Å². The summed E-state index contributed by atoms with van der Waals surface area (Å²) in [6.07, 6.45) is 0. The van der Waals surface area contributed by atoms with E-state index in [2.05, 4.69) is 18.3 Å². The number of hydrogen-bond acceptors (Lipinski definition) is 3. The van der Waals surface area contributed by atoms with Gasteiger partial charge in [0.2, 0.25) is 0 Å². The minimum Gasteiger partial charge on any atom is -0.308 e. The highest BCUT2D eigenvalue weighted by Gasteiger charge is 2.27. The molecule has 21 heavy (non-hydrogen) atoms. The summed E-state index contributed by atoms with van der Waals surface area (Å²) >= 11 is 7.69. The summed E-state index contributed by atoms with van der Waals surface area (Å²) in [7, 11) is 0. The number of thiophene rings is 1. The molecular weight excluding hydrogens is 304 g/mol. The fourth-order valence-electron chi connectivity index (χ4n) is 2.53. The first-order chi connectivity index (χ1) is 10.1.